The molecule has 0 radical (unpaired) electrons. The summed E-state index contributed by atoms with van der Waals surface area (Å²) in [6.45, 7) is 21.8. The molecule has 0 N–H and O–H groups in total. The molecule has 3 saturated carbocycles. The summed E-state index contributed by atoms with van der Waals surface area (Å²) in [6.07, 6.45) is 45.1. The molecule has 5 rings (SSSR count). The Morgan fingerprint density at radius 1 is 0.750 bits per heavy atom. The van der Waals surface area contributed by atoms with Crippen molar-refractivity contribution in [3.8, 4) is 0 Å². The maximum absolute atomic E-state index is 6.53. The SMILES string of the molecule is CCCCCC=CCC=CCCCCCCCCOCC(CN1CCC[C@@H]1COC)OCCOCCO[C@H]1CC[C@@]2(C)C(=CC[C@H]3C4CC[C@H]([C@H](C)CCCC(C)C)[C@@]4(C)CC[C@@H]32)C1. The Labute approximate surface area is 396 Å². The summed E-state index contributed by atoms with van der Waals surface area (Å²) < 4.78 is 30.9. The number of likely N-dealkylation sites (tertiary alicyclic amines) is 1. The van der Waals surface area contributed by atoms with Crippen molar-refractivity contribution in [2.45, 2.75) is 220 Å². The van der Waals surface area contributed by atoms with Crippen LogP contribution in [-0.4, -0.2) is 89.6 Å². The normalized spacial score (nSPS) is 30.6. The molecule has 6 heteroatoms. The predicted octanol–water partition coefficient (Wildman–Crippen LogP) is 14.8. The van der Waals surface area contributed by atoms with Crippen LogP contribution in [0.5, 0.6) is 0 Å². The lowest BCUT2D eigenvalue weighted by Gasteiger charge is -2.58. The fourth-order valence-corrected chi connectivity index (χ4v) is 13.8. The van der Waals surface area contributed by atoms with Gasteiger partial charge in [0.05, 0.1) is 51.8 Å². The summed E-state index contributed by atoms with van der Waals surface area (Å²) in [4.78, 5) is 2.55. The summed E-state index contributed by atoms with van der Waals surface area (Å²) in [5.74, 6) is 5.33. The standard InChI is InChI=1S/C58H103NO5/c1-8-9-10-11-12-13-14-15-16-17-18-19-20-21-22-23-38-62-46-52(44-59-37-25-28-50(59)45-60-7)64-42-40-61-39-41-63-51-33-35-57(5)49(43-51)29-30-53-55-32-31-54(48(4)27-24-26-47(2)3)58(55,6)36-34-56(53)57/h12-13,15-16,29,47-48,50-56H,8-11,14,17-28,30-46H2,1-7H3/t48-,50-,51+,52?,53+,54-,55?,56+,57+,58-/m1/s1. The first-order valence-corrected chi connectivity index (χ1v) is 27.8. The first kappa shape index (κ1) is 53.9. The Bertz CT molecular complexity index is 1330. The van der Waals surface area contributed by atoms with Crippen LogP contribution >= 0.6 is 0 Å². The van der Waals surface area contributed by atoms with Crippen LogP contribution in [0.25, 0.3) is 0 Å². The molecule has 0 aromatic heterocycles. The van der Waals surface area contributed by atoms with E-state index in [1.165, 1.54) is 141 Å². The third-order valence-electron chi connectivity index (χ3n) is 17.5. The van der Waals surface area contributed by atoms with Crippen LogP contribution in [0, 0.1) is 46.3 Å². The van der Waals surface area contributed by atoms with Gasteiger partial charge in [0.2, 0.25) is 0 Å². The van der Waals surface area contributed by atoms with Gasteiger partial charge in [0, 0.05) is 26.3 Å². The Hall–Kier alpha value is -1.02. The van der Waals surface area contributed by atoms with Crippen molar-refractivity contribution in [2.75, 3.05) is 66.4 Å². The van der Waals surface area contributed by atoms with E-state index in [9.17, 15) is 0 Å². The van der Waals surface area contributed by atoms with E-state index < -0.39 is 0 Å². The van der Waals surface area contributed by atoms with E-state index in [-0.39, 0.29) is 6.10 Å². The number of hydrogen-bond acceptors (Lipinski definition) is 6. The van der Waals surface area contributed by atoms with Crippen molar-refractivity contribution < 1.29 is 23.7 Å². The molecule has 0 aromatic rings. The van der Waals surface area contributed by atoms with E-state index in [1.54, 1.807) is 5.57 Å². The smallest absolute Gasteiger partial charge is 0.0936 e. The van der Waals surface area contributed by atoms with Crippen molar-refractivity contribution in [3.63, 3.8) is 0 Å². The molecule has 4 fully saturated rings. The fraction of sp³-hybridized carbons (Fsp3) is 0.897. The van der Waals surface area contributed by atoms with Crippen molar-refractivity contribution in [1.29, 1.82) is 0 Å². The summed E-state index contributed by atoms with van der Waals surface area (Å²) in [7, 11) is 1.82. The van der Waals surface area contributed by atoms with E-state index >= 15 is 0 Å². The Kier molecular flexibility index (Phi) is 25.1. The van der Waals surface area contributed by atoms with E-state index in [0.29, 0.717) is 56.0 Å². The van der Waals surface area contributed by atoms with Gasteiger partial charge >= 0.3 is 0 Å². The number of allylic oxidation sites excluding steroid dienone is 5. The first-order chi connectivity index (χ1) is 31.2. The number of rotatable bonds is 34. The van der Waals surface area contributed by atoms with Crippen molar-refractivity contribution in [1.82, 2.24) is 4.90 Å². The monoisotopic (exact) mass is 894 g/mol. The summed E-state index contributed by atoms with van der Waals surface area (Å²) in [6, 6.07) is 0.484. The Morgan fingerprint density at radius 2 is 1.52 bits per heavy atom. The van der Waals surface area contributed by atoms with Gasteiger partial charge in [-0.15, -0.1) is 0 Å². The molecular formula is C58H103NO5. The minimum atomic E-state index is 0.0537. The second kappa shape index (κ2) is 29.8. The number of methoxy groups -OCH3 is 1. The van der Waals surface area contributed by atoms with Gasteiger partial charge in [-0.3, -0.25) is 4.90 Å². The zero-order valence-corrected chi connectivity index (χ0v) is 43.1. The molecule has 10 atom stereocenters. The van der Waals surface area contributed by atoms with Crippen LogP contribution in [0.2, 0.25) is 0 Å². The van der Waals surface area contributed by atoms with E-state index in [0.717, 1.165) is 81.1 Å². The summed E-state index contributed by atoms with van der Waals surface area (Å²) in [5.41, 5.74) is 2.66. The van der Waals surface area contributed by atoms with Crippen LogP contribution < -0.4 is 0 Å². The Morgan fingerprint density at radius 3 is 2.30 bits per heavy atom. The van der Waals surface area contributed by atoms with Gasteiger partial charge in [-0.25, -0.2) is 0 Å². The molecule has 0 spiro atoms. The molecule has 4 aliphatic carbocycles. The van der Waals surface area contributed by atoms with Gasteiger partial charge < -0.3 is 23.7 Å². The molecule has 64 heavy (non-hydrogen) atoms. The quantitative estimate of drug-likeness (QED) is 0.0474. The molecule has 1 heterocycles. The van der Waals surface area contributed by atoms with Gasteiger partial charge in [-0.05, 0) is 156 Å². The highest BCUT2D eigenvalue weighted by atomic mass is 16.6. The molecule has 1 aliphatic heterocycles. The zero-order chi connectivity index (χ0) is 45.5. The number of unbranched alkanes of at least 4 members (excludes halogenated alkanes) is 9. The lowest BCUT2D eigenvalue weighted by atomic mass is 9.47. The van der Waals surface area contributed by atoms with Gasteiger partial charge in [0.25, 0.3) is 0 Å². The molecule has 370 valence electrons. The first-order valence-electron chi connectivity index (χ1n) is 27.8. The van der Waals surface area contributed by atoms with Gasteiger partial charge in [-0.2, -0.15) is 0 Å². The second-order valence-electron chi connectivity index (χ2n) is 22.5. The largest absolute Gasteiger partial charge is 0.383 e. The Balaban J connectivity index is 0.934. The summed E-state index contributed by atoms with van der Waals surface area (Å²) in [5, 5.41) is 0. The second-order valence-corrected chi connectivity index (χ2v) is 22.5. The molecule has 2 unspecified atom stereocenters. The average Bonchev–Trinajstić information content (AvgIpc) is 3.88. The maximum Gasteiger partial charge on any atom is 0.0936 e. The van der Waals surface area contributed by atoms with Crippen LogP contribution in [0.4, 0.5) is 0 Å². The van der Waals surface area contributed by atoms with Crippen molar-refractivity contribution in [2.24, 2.45) is 46.3 Å². The van der Waals surface area contributed by atoms with Gasteiger partial charge in [0.15, 0.2) is 0 Å². The lowest BCUT2D eigenvalue weighted by molar-refractivity contribution is -0.0742. The molecule has 1 saturated heterocycles. The minimum absolute atomic E-state index is 0.0537. The predicted molar refractivity (Wildman–Crippen MR) is 270 cm³/mol. The number of ether oxygens (including phenoxy) is 5. The van der Waals surface area contributed by atoms with Crippen molar-refractivity contribution >= 4 is 0 Å². The highest BCUT2D eigenvalue weighted by Gasteiger charge is 2.59. The molecule has 0 amide bonds. The van der Waals surface area contributed by atoms with Crippen LogP contribution in [-0.2, 0) is 23.7 Å². The highest BCUT2D eigenvalue weighted by Crippen LogP contribution is 2.67. The third-order valence-corrected chi connectivity index (χ3v) is 17.5. The van der Waals surface area contributed by atoms with Crippen molar-refractivity contribution in [3.05, 3.63) is 36.0 Å². The van der Waals surface area contributed by atoms with E-state index in [1.807, 2.05) is 7.11 Å². The topological polar surface area (TPSA) is 49.4 Å². The molecule has 5 aliphatic rings. The van der Waals surface area contributed by atoms with Gasteiger partial charge in [0.1, 0.15) is 0 Å². The highest BCUT2D eigenvalue weighted by molar-refractivity contribution is 5.25. The van der Waals surface area contributed by atoms with Gasteiger partial charge in [-0.1, -0.05) is 135 Å². The molecular weight excluding hydrogens is 791 g/mol. The van der Waals surface area contributed by atoms with Crippen LogP contribution in [0.15, 0.2) is 36.0 Å². The maximum atomic E-state index is 6.53. The number of nitrogens with zero attached hydrogens (tertiary/aromatic N) is 1. The lowest BCUT2D eigenvalue weighted by Crippen LogP contribution is -2.51. The molecule has 0 bridgehead atoms. The van der Waals surface area contributed by atoms with Crippen LogP contribution in [0.1, 0.15) is 202 Å². The van der Waals surface area contributed by atoms with Crippen LogP contribution in [0.3, 0.4) is 0 Å². The number of fused-ring (bicyclic) bond motifs is 5. The van der Waals surface area contributed by atoms with E-state index in [2.05, 4.69) is 76.8 Å². The fourth-order valence-electron chi connectivity index (χ4n) is 13.8. The summed E-state index contributed by atoms with van der Waals surface area (Å²) >= 11 is 0. The number of hydrogen-bond donors (Lipinski definition) is 0. The minimum Gasteiger partial charge on any atom is -0.383 e. The average molecular weight is 894 g/mol. The zero-order valence-electron chi connectivity index (χ0n) is 43.1. The molecule has 0 aromatic carbocycles. The third kappa shape index (κ3) is 16.9. The molecule has 6 nitrogen and oxygen atoms in total. The van der Waals surface area contributed by atoms with E-state index in [4.69, 9.17) is 23.7 Å².